The number of benzene rings is 2. The molecule has 178 valence electrons. The summed E-state index contributed by atoms with van der Waals surface area (Å²) in [6.07, 6.45) is 2.86. The van der Waals surface area contributed by atoms with Gasteiger partial charge in [-0.25, -0.2) is 4.90 Å². The number of anilines is 2. The fourth-order valence-electron chi connectivity index (χ4n) is 6.62. The first-order valence-electron chi connectivity index (χ1n) is 11.3. The van der Waals surface area contributed by atoms with Crippen LogP contribution in [0, 0.1) is 11.8 Å². The van der Waals surface area contributed by atoms with Crippen molar-refractivity contribution in [2.75, 3.05) is 16.8 Å². The molecule has 6 nitrogen and oxygen atoms in total. The third kappa shape index (κ3) is 3.03. The maximum absolute atomic E-state index is 14.1. The number of aliphatic hydroxyl groups is 1. The average molecular weight is 541 g/mol. The first-order chi connectivity index (χ1) is 16.2. The number of rotatable bonds is 2. The van der Waals surface area contributed by atoms with Crippen LogP contribution in [0.25, 0.3) is 0 Å². The first kappa shape index (κ1) is 22.9. The Kier molecular flexibility index (Phi) is 5.38. The number of hydrogen-bond donors (Lipinski definition) is 2. The molecule has 4 unspecified atom stereocenters. The van der Waals surface area contributed by atoms with Crippen LogP contribution in [-0.4, -0.2) is 40.6 Å². The van der Waals surface area contributed by atoms with Gasteiger partial charge in [-0.05, 0) is 43.2 Å². The summed E-state index contributed by atoms with van der Waals surface area (Å²) < 4.78 is 0. The monoisotopic (exact) mass is 539 g/mol. The molecule has 0 bridgehead atoms. The van der Waals surface area contributed by atoms with E-state index in [0.717, 1.165) is 30.6 Å². The summed E-state index contributed by atoms with van der Waals surface area (Å²) in [4.78, 5) is 31.1. The molecule has 2 N–H and O–H groups in total. The Morgan fingerprint density at radius 1 is 0.912 bits per heavy atom. The van der Waals surface area contributed by atoms with Crippen LogP contribution in [0.15, 0.2) is 30.3 Å². The van der Waals surface area contributed by atoms with Crippen molar-refractivity contribution in [2.45, 2.75) is 43.5 Å². The highest BCUT2D eigenvalue weighted by Gasteiger charge is 2.71. The van der Waals surface area contributed by atoms with E-state index >= 15 is 0 Å². The number of hydrogen-bond acceptors (Lipinski definition) is 5. The van der Waals surface area contributed by atoms with Crippen LogP contribution in [0.4, 0.5) is 11.4 Å². The summed E-state index contributed by atoms with van der Waals surface area (Å²) in [7, 11) is 0. The second-order valence-corrected chi connectivity index (χ2v) is 11.2. The molecule has 10 heteroatoms. The zero-order chi connectivity index (χ0) is 23.9. The minimum Gasteiger partial charge on any atom is -0.371 e. The molecule has 4 atom stereocenters. The van der Waals surface area contributed by atoms with Crippen molar-refractivity contribution in [1.82, 2.24) is 4.90 Å². The van der Waals surface area contributed by atoms with Gasteiger partial charge in [0.1, 0.15) is 11.8 Å². The second-order valence-electron chi connectivity index (χ2n) is 9.50. The lowest BCUT2D eigenvalue weighted by Crippen LogP contribution is -2.58. The van der Waals surface area contributed by atoms with E-state index in [1.807, 2.05) is 0 Å². The highest BCUT2D eigenvalue weighted by atomic mass is 35.5. The van der Waals surface area contributed by atoms with Gasteiger partial charge in [0.05, 0.1) is 28.2 Å². The van der Waals surface area contributed by atoms with E-state index in [-0.39, 0.29) is 11.9 Å². The molecule has 2 aromatic carbocycles. The quantitative estimate of drug-likeness (QED) is 0.505. The molecule has 6 rings (SSSR count). The summed E-state index contributed by atoms with van der Waals surface area (Å²) in [5, 5.41) is 16.1. The fourth-order valence-corrected chi connectivity index (χ4v) is 7.68. The van der Waals surface area contributed by atoms with Crippen molar-refractivity contribution in [3.63, 3.8) is 0 Å². The van der Waals surface area contributed by atoms with Gasteiger partial charge < -0.3 is 10.4 Å². The molecular weight excluding hydrogens is 520 g/mol. The van der Waals surface area contributed by atoms with Gasteiger partial charge in [-0.3, -0.25) is 14.5 Å². The number of likely N-dealkylation sites (tertiary alicyclic amines) is 1. The van der Waals surface area contributed by atoms with Crippen molar-refractivity contribution in [3.8, 4) is 0 Å². The van der Waals surface area contributed by atoms with E-state index in [0.29, 0.717) is 43.6 Å². The summed E-state index contributed by atoms with van der Waals surface area (Å²) in [6.45, 7) is 0.354. The van der Waals surface area contributed by atoms with E-state index in [2.05, 4.69) is 10.2 Å². The number of fused-ring (bicyclic) bond motifs is 4. The molecule has 3 fully saturated rings. The number of carbonyl (C=O) groups is 2. The highest BCUT2D eigenvalue weighted by Crippen LogP contribution is 2.60. The van der Waals surface area contributed by atoms with Crippen LogP contribution in [0.2, 0.25) is 20.1 Å². The summed E-state index contributed by atoms with van der Waals surface area (Å²) >= 11 is 25.3. The maximum atomic E-state index is 14.1. The molecule has 0 aromatic heterocycles. The Hall–Kier alpha value is -1.54. The summed E-state index contributed by atoms with van der Waals surface area (Å²) in [5.41, 5.74) is 0.359. The number of halogens is 4. The van der Waals surface area contributed by atoms with Gasteiger partial charge in [-0.2, -0.15) is 0 Å². The van der Waals surface area contributed by atoms with Crippen LogP contribution in [0.5, 0.6) is 0 Å². The lowest BCUT2D eigenvalue weighted by atomic mass is 9.75. The van der Waals surface area contributed by atoms with Gasteiger partial charge in [0.25, 0.3) is 0 Å². The van der Waals surface area contributed by atoms with E-state index in [1.54, 1.807) is 30.3 Å². The van der Waals surface area contributed by atoms with Gasteiger partial charge in [0.2, 0.25) is 11.8 Å². The van der Waals surface area contributed by atoms with Crippen molar-refractivity contribution >= 4 is 69.6 Å². The van der Waals surface area contributed by atoms with Crippen molar-refractivity contribution in [2.24, 2.45) is 11.8 Å². The highest BCUT2D eigenvalue weighted by molar-refractivity contribution is 6.37. The van der Waals surface area contributed by atoms with Gasteiger partial charge >= 0.3 is 0 Å². The van der Waals surface area contributed by atoms with Crippen LogP contribution in [0.1, 0.15) is 31.2 Å². The number of amides is 2. The normalized spacial score (nSPS) is 31.0. The van der Waals surface area contributed by atoms with E-state index in [4.69, 9.17) is 46.4 Å². The largest absolute Gasteiger partial charge is 0.371 e. The van der Waals surface area contributed by atoms with E-state index in [9.17, 15) is 14.7 Å². The Morgan fingerprint density at radius 3 is 2.24 bits per heavy atom. The zero-order valence-corrected chi connectivity index (χ0v) is 20.9. The van der Waals surface area contributed by atoms with Gasteiger partial charge in [0.15, 0.2) is 0 Å². The molecule has 4 aliphatic rings. The number of nitrogens with one attached hydrogen (secondary N) is 1. The lowest BCUT2D eigenvalue weighted by molar-refractivity contribution is -0.128. The molecule has 1 saturated carbocycles. The molecule has 2 saturated heterocycles. The Morgan fingerprint density at radius 2 is 1.56 bits per heavy atom. The van der Waals surface area contributed by atoms with E-state index < -0.39 is 29.5 Å². The molecule has 34 heavy (non-hydrogen) atoms. The third-order valence-corrected chi connectivity index (χ3v) is 8.78. The van der Waals surface area contributed by atoms with Crippen LogP contribution >= 0.6 is 46.4 Å². The third-order valence-electron chi connectivity index (χ3n) is 7.82. The molecular formula is C24H21Cl4N3O3. The average Bonchev–Trinajstić information content (AvgIpc) is 3.50. The predicted molar refractivity (Wildman–Crippen MR) is 133 cm³/mol. The number of imide groups is 1. The van der Waals surface area contributed by atoms with Crippen molar-refractivity contribution in [3.05, 3.63) is 56.0 Å². The molecule has 1 spiro atoms. The van der Waals surface area contributed by atoms with Gasteiger partial charge in [-0.1, -0.05) is 59.2 Å². The second kappa shape index (κ2) is 7.99. The predicted octanol–water partition coefficient (Wildman–Crippen LogP) is 5.30. The molecule has 2 aromatic rings. The molecule has 3 heterocycles. The topological polar surface area (TPSA) is 72.9 Å². The number of aliphatic hydroxyl groups excluding tert-OH is 1. The van der Waals surface area contributed by atoms with Crippen molar-refractivity contribution < 1.29 is 14.7 Å². The number of nitrogens with zero attached hydrogens (tertiary/aromatic N) is 2. The number of carbonyl (C=O) groups excluding carboxylic acids is 2. The summed E-state index contributed by atoms with van der Waals surface area (Å²) in [6, 6.07) is 8.16. The fraction of sp³-hybridized carbons (Fsp3) is 0.417. The minimum atomic E-state index is -1.17. The van der Waals surface area contributed by atoms with Crippen LogP contribution in [0.3, 0.4) is 0 Å². The SMILES string of the molecule is O=C1C2CN(C3CCCC3)C3(c4cc(Cl)cc(Cl)c4NC3O)C2C(=O)N1c1cc(Cl)cc(Cl)c1. The molecule has 0 radical (unpaired) electrons. The molecule has 1 aliphatic carbocycles. The van der Waals surface area contributed by atoms with Crippen LogP contribution in [-0.2, 0) is 15.1 Å². The zero-order valence-electron chi connectivity index (χ0n) is 17.9. The lowest BCUT2D eigenvalue weighted by Gasteiger charge is -2.44. The summed E-state index contributed by atoms with van der Waals surface area (Å²) in [5.74, 6) is -2.16. The van der Waals surface area contributed by atoms with E-state index in [1.165, 1.54) is 0 Å². The smallest absolute Gasteiger partial charge is 0.240 e. The Labute approximate surface area is 216 Å². The van der Waals surface area contributed by atoms with Crippen LogP contribution < -0.4 is 10.2 Å². The maximum Gasteiger partial charge on any atom is 0.240 e. The Balaban J connectivity index is 1.54. The van der Waals surface area contributed by atoms with Gasteiger partial charge in [0, 0.05) is 33.2 Å². The minimum absolute atomic E-state index is 0.139. The standard InChI is InChI=1S/C24H21Cl4N3O3/c25-11-5-12(26)7-15(6-11)31-21(32)16-10-30(14-3-1-2-4-14)24(19(16)22(31)33)17-8-13(27)9-18(28)20(17)29-23(24)34/h5-9,14,16,19,23,29,34H,1-4,10H2. The first-order valence-corrected chi connectivity index (χ1v) is 12.8. The molecule has 3 aliphatic heterocycles. The van der Waals surface area contributed by atoms with Gasteiger partial charge in [-0.15, -0.1) is 0 Å². The Bertz CT molecular complexity index is 1210. The van der Waals surface area contributed by atoms with Crippen molar-refractivity contribution in [1.29, 1.82) is 0 Å². The molecule has 2 amide bonds.